The predicted molar refractivity (Wildman–Crippen MR) is 89.5 cm³/mol. The van der Waals surface area contributed by atoms with Gasteiger partial charge in [0.15, 0.2) is 0 Å². The van der Waals surface area contributed by atoms with E-state index in [0.717, 1.165) is 19.6 Å². The second-order valence-electron chi connectivity index (χ2n) is 5.40. The molecule has 120 valence electrons. The van der Waals surface area contributed by atoms with Gasteiger partial charge < -0.3 is 0 Å². The number of hydrogen-bond donors (Lipinski definition) is 0. The standard InChI is InChI=1S/C16H17N3O2S2/c17-12-14-3-1-5-16(11-14)23(20,21)19-8-6-18(7-9-19)13-15-4-2-10-22-15/h1-5,10-11H,6-9,13H2. The molecule has 0 unspecified atom stereocenters. The van der Waals surface area contributed by atoms with Crippen LogP contribution in [0.3, 0.4) is 0 Å². The molecule has 0 atom stereocenters. The van der Waals surface area contributed by atoms with Gasteiger partial charge in [-0.15, -0.1) is 11.3 Å². The van der Waals surface area contributed by atoms with Crippen LogP contribution in [0, 0.1) is 11.3 Å². The van der Waals surface area contributed by atoms with Crippen LogP contribution in [0.1, 0.15) is 10.4 Å². The monoisotopic (exact) mass is 347 g/mol. The van der Waals surface area contributed by atoms with E-state index in [0.29, 0.717) is 18.7 Å². The first kappa shape index (κ1) is 16.1. The molecule has 1 aliphatic heterocycles. The van der Waals surface area contributed by atoms with Crippen molar-refractivity contribution in [2.24, 2.45) is 0 Å². The van der Waals surface area contributed by atoms with Gasteiger partial charge in [-0.2, -0.15) is 9.57 Å². The maximum Gasteiger partial charge on any atom is 0.243 e. The summed E-state index contributed by atoms with van der Waals surface area (Å²) in [6, 6.07) is 12.3. The second kappa shape index (κ2) is 6.81. The average Bonchev–Trinajstić information content (AvgIpc) is 3.08. The van der Waals surface area contributed by atoms with Crippen LogP contribution in [0.5, 0.6) is 0 Å². The fraction of sp³-hybridized carbons (Fsp3) is 0.312. The van der Waals surface area contributed by atoms with Crippen LogP contribution < -0.4 is 0 Å². The highest BCUT2D eigenvalue weighted by Gasteiger charge is 2.28. The highest BCUT2D eigenvalue weighted by Crippen LogP contribution is 2.20. The molecule has 0 bridgehead atoms. The number of benzene rings is 1. The Morgan fingerprint density at radius 1 is 1.13 bits per heavy atom. The van der Waals surface area contributed by atoms with Crippen molar-refractivity contribution < 1.29 is 8.42 Å². The molecule has 0 radical (unpaired) electrons. The quantitative estimate of drug-likeness (QED) is 0.850. The predicted octanol–water partition coefficient (Wildman–Crippen LogP) is 2.13. The van der Waals surface area contributed by atoms with Gasteiger partial charge >= 0.3 is 0 Å². The van der Waals surface area contributed by atoms with E-state index in [1.165, 1.54) is 15.2 Å². The molecule has 1 fully saturated rings. The lowest BCUT2D eigenvalue weighted by Crippen LogP contribution is -2.48. The zero-order valence-electron chi connectivity index (χ0n) is 12.6. The normalized spacial score (nSPS) is 17.0. The van der Waals surface area contributed by atoms with Crippen LogP contribution >= 0.6 is 11.3 Å². The molecule has 3 rings (SSSR count). The molecule has 2 aromatic rings. The number of sulfonamides is 1. The lowest BCUT2D eigenvalue weighted by atomic mass is 10.2. The minimum absolute atomic E-state index is 0.197. The van der Waals surface area contributed by atoms with Gasteiger partial charge in [-0.25, -0.2) is 8.42 Å². The molecule has 2 heterocycles. The topological polar surface area (TPSA) is 64.4 Å². The molecule has 1 saturated heterocycles. The van der Waals surface area contributed by atoms with E-state index in [-0.39, 0.29) is 4.90 Å². The van der Waals surface area contributed by atoms with E-state index in [4.69, 9.17) is 5.26 Å². The Bertz CT molecular complexity index is 802. The summed E-state index contributed by atoms with van der Waals surface area (Å²) in [4.78, 5) is 3.76. The van der Waals surface area contributed by atoms with E-state index in [9.17, 15) is 8.42 Å². The largest absolute Gasteiger partial charge is 0.296 e. The summed E-state index contributed by atoms with van der Waals surface area (Å²) >= 11 is 1.72. The molecular formula is C16H17N3O2S2. The summed E-state index contributed by atoms with van der Waals surface area (Å²) in [5.41, 5.74) is 0.363. The van der Waals surface area contributed by atoms with E-state index in [1.807, 2.05) is 12.1 Å². The molecule has 7 heteroatoms. The van der Waals surface area contributed by atoms with E-state index in [2.05, 4.69) is 16.3 Å². The molecule has 0 saturated carbocycles. The van der Waals surface area contributed by atoms with Gasteiger partial charge in [0.1, 0.15) is 0 Å². The zero-order valence-corrected chi connectivity index (χ0v) is 14.2. The van der Waals surface area contributed by atoms with Crippen LogP contribution in [0.2, 0.25) is 0 Å². The Hall–Kier alpha value is -1.72. The molecule has 0 spiro atoms. The van der Waals surface area contributed by atoms with Gasteiger partial charge in [-0.05, 0) is 29.6 Å². The van der Waals surface area contributed by atoms with Crippen molar-refractivity contribution in [3.8, 4) is 6.07 Å². The summed E-state index contributed by atoms with van der Waals surface area (Å²) < 4.78 is 26.9. The summed E-state index contributed by atoms with van der Waals surface area (Å²) in [5, 5.41) is 11.0. The number of thiophene rings is 1. The fourth-order valence-electron chi connectivity index (χ4n) is 2.63. The second-order valence-corrected chi connectivity index (χ2v) is 8.37. The number of piperazine rings is 1. The summed E-state index contributed by atoms with van der Waals surface area (Å²) in [6.45, 7) is 3.26. The Balaban J connectivity index is 1.67. The van der Waals surface area contributed by atoms with Crippen LogP contribution in [0.15, 0.2) is 46.7 Å². The van der Waals surface area contributed by atoms with Crippen molar-refractivity contribution in [3.05, 3.63) is 52.2 Å². The smallest absolute Gasteiger partial charge is 0.243 e. The van der Waals surface area contributed by atoms with Crippen molar-refractivity contribution in [2.45, 2.75) is 11.4 Å². The molecule has 0 N–H and O–H groups in total. The van der Waals surface area contributed by atoms with Crippen LogP contribution in [-0.2, 0) is 16.6 Å². The first-order valence-corrected chi connectivity index (χ1v) is 9.66. The molecular weight excluding hydrogens is 330 g/mol. The van der Waals surface area contributed by atoms with Crippen LogP contribution in [-0.4, -0.2) is 43.8 Å². The Morgan fingerprint density at radius 3 is 2.57 bits per heavy atom. The van der Waals surface area contributed by atoms with E-state index in [1.54, 1.807) is 29.5 Å². The van der Waals surface area contributed by atoms with Gasteiger partial charge in [0.2, 0.25) is 10.0 Å². The first-order valence-electron chi connectivity index (χ1n) is 7.34. The minimum Gasteiger partial charge on any atom is -0.296 e. The summed E-state index contributed by atoms with van der Waals surface area (Å²) in [7, 11) is -3.52. The highest BCUT2D eigenvalue weighted by atomic mass is 32.2. The third-order valence-corrected chi connectivity index (χ3v) is 6.65. The number of nitrogens with zero attached hydrogens (tertiary/aromatic N) is 3. The van der Waals surface area contributed by atoms with Crippen LogP contribution in [0.25, 0.3) is 0 Å². The fourth-order valence-corrected chi connectivity index (χ4v) is 4.84. The lowest BCUT2D eigenvalue weighted by molar-refractivity contribution is 0.183. The number of hydrogen-bond acceptors (Lipinski definition) is 5. The van der Waals surface area contributed by atoms with E-state index < -0.39 is 10.0 Å². The molecule has 5 nitrogen and oxygen atoms in total. The SMILES string of the molecule is N#Cc1cccc(S(=O)(=O)N2CCN(Cc3cccs3)CC2)c1. The molecule has 23 heavy (non-hydrogen) atoms. The highest BCUT2D eigenvalue weighted by molar-refractivity contribution is 7.89. The summed E-state index contributed by atoms with van der Waals surface area (Å²) in [5.74, 6) is 0. The Labute approximate surface area is 140 Å². The van der Waals surface area contributed by atoms with Crippen molar-refractivity contribution in [3.63, 3.8) is 0 Å². The molecule has 1 aromatic carbocycles. The molecule has 0 aliphatic carbocycles. The van der Waals surface area contributed by atoms with Gasteiger partial charge in [0.05, 0.1) is 16.5 Å². The van der Waals surface area contributed by atoms with Crippen molar-refractivity contribution in [2.75, 3.05) is 26.2 Å². The minimum atomic E-state index is -3.52. The third kappa shape index (κ3) is 3.62. The van der Waals surface area contributed by atoms with Gasteiger partial charge in [-0.3, -0.25) is 4.90 Å². The summed E-state index contributed by atoms with van der Waals surface area (Å²) in [6.07, 6.45) is 0. The van der Waals surface area contributed by atoms with Gasteiger partial charge in [0, 0.05) is 37.6 Å². The Morgan fingerprint density at radius 2 is 1.91 bits per heavy atom. The Kier molecular flexibility index (Phi) is 4.78. The van der Waals surface area contributed by atoms with Crippen molar-refractivity contribution in [1.29, 1.82) is 5.26 Å². The maximum absolute atomic E-state index is 12.7. The van der Waals surface area contributed by atoms with Gasteiger partial charge in [-0.1, -0.05) is 12.1 Å². The van der Waals surface area contributed by atoms with Gasteiger partial charge in [0.25, 0.3) is 0 Å². The molecule has 1 aliphatic rings. The van der Waals surface area contributed by atoms with Crippen molar-refractivity contribution >= 4 is 21.4 Å². The molecule has 0 amide bonds. The number of nitriles is 1. The van der Waals surface area contributed by atoms with Crippen LogP contribution in [0.4, 0.5) is 0 Å². The lowest BCUT2D eigenvalue weighted by Gasteiger charge is -2.33. The maximum atomic E-state index is 12.7. The zero-order chi connectivity index (χ0) is 16.3. The number of rotatable bonds is 4. The average molecular weight is 347 g/mol. The van der Waals surface area contributed by atoms with E-state index >= 15 is 0 Å². The molecule has 1 aromatic heterocycles. The first-order chi connectivity index (χ1) is 11.1. The third-order valence-electron chi connectivity index (χ3n) is 3.89. The van der Waals surface area contributed by atoms with Crippen molar-refractivity contribution in [1.82, 2.24) is 9.21 Å².